The average Bonchev–Trinajstić information content (AvgIpc) is 2.53. The Hall–Kier alpha value is -1.20. The lowest BCUT2D eigenvalue weighted by molar-refractivity contribution is 0.0191. The van der Waals surface area contributed by atoms with Crippen molar-refractivity contribution >= 4 is 17.9 Å². The van der Waals surface area contributed by atoms with Crippen molar-refractivity contribution in [2.45, 2.75) is 56.1 Å². The zero-order chi connectivity index (χ0) is 17.6. The molecule has 0 unspecified atom stereocenters. The molecule has 1 N–H and O–H groups in total. The number of thioether (sulfide) groups is 1. The van der Waals surface area contributed by atoms with E-state index in [-0.39, 0.29) is 17.4 Å². The van der Waals surface area contributed by atoms with E-state index in [1.165, 1.54) is 5.56 Å². The third-order valence-electron chi connectivity index (χ3n) is 4.28. The normalized spacial score (nSPS) is 17.6. The first kappa shape index (κ1) is 19.1. The van der Waals surface area contributed by atoms with Crippen molar-refractivity contribution in [1.29, 1.82) is 0 Å². The number of ether oxygens (including phenoxy) is 1. The van der Waals surface area contributed by atoms with Crippen LogP contribution in [0.5, 0.6) is 0 Å². The standard InChI is InChI=1S/C19H29NO3S/c1-18(2,3)23-17(22)20-12-9-19(10-13-20,11-14-21)24-15-16-7-5-4-6-8-16/h4-8,21H,9-15H2,1-3H3. The minimum atomic E-state index is -0.460. The van der Waals surface area contributed by atoms with Crippen molar-refractivity contribution in [2.75, 3.05) is 19.7 Å². The first-order valence-corrected chi connectivity index (χ1v) is 9.59. The fourth-order valence-corrected chi connectivity index (χ4v) is 4.28. The molecule has 0 bridgehead atoms. The summed E-state index contributed by atoms with van der Waals surface area (Å²) in [6, 6.07) is 10.4. The highest BCUT2D eigenvalue weighted by atomic mass is 32.2. The fourth-order valence-electron chi connectivity index (χ4n) is 2.90. The fraction of sp³-hybridized carbons (Fsp3) is 0.632. The third kappa shape index (κ3) is 5.71. The van der Waals surface area contributed by atoms with Crippen molar-refractivity contribution < 1.29 is 14.6 Å². The van der Waals surface area contributed by atoms with Gasteiger partial charge in [-0.1, -0.05) is 30.3 Å². The van der Waals surface area contributed by atoms with Gasteiger partial charge in [-0.05, 0) is 45.6 Å². The summed E-state index contributed by atoms with van der Waals surface area (Å²) in [5, 5.41) is 9.49. The maximum Gasteiger partial charge on any atom is 0.410 e. The number of hydrogen-bond donors (Lipinski definition) is 1. The van der Waals surface area contributed by atoms with E-state index in [9.17, 15) is 9.90 Å². The number of carbonyl (C=O) groups is 1. The Bertz CT molecular complexity index is 519. The van der Waals surface area contributed by atoms with Crippen LogP contribution in [0.1, 0.15) is 45.6 Å². The molecule has 4 nitrogen and oxygen atoms in total. The number of amides is 1. The number of benzene rings is 1. The van der Waals surface area contributed by atoms with Crippen LogP contribution in [0.3, 0.4) is 0 Å². The van der Waals surface area contributed by atoms with E-state index in [4.69, 9.17) is 4.74 Å². The molecule has 24 heavy (non-hydrogen) atoms. The largest absolute Gasteiger partial charge is 0.444 e. The first-order chi connectivity index (χ1) is 11.3. The summed E-state index contributed by atoms with van der Waals surface area (Å²) in [5.74, 6) is 0.938. The minimum absolute atomic E-state index is 0.0447. The summed E-state index contributed by atoms with van der Waals surface area (Å²) >= 11 is 1.91. The Morgan fingerprint density at radius 3 is 2.42 bits per heavy atom. The number of aliphatic hydroxyl groups is 1. The van der Waals surface area contributed by atoms with Crippen LogP contribution in [0.25, 0.3) is 0 Å². The number of likely N-dealkylation sites (tertiary alicyclic amines) is 1. The van der Waals surface area contributed by atoms with Gasteiger partial charge >= 0.3 is 6.09 Å². The summed E-state index contributed by atoms with van der Waals surface area (Å²) in [4.78, 5) is 14.0. The number of aliphatic hydroxyl groups excluding tert-OH is 1. The Morgan fingerprint density at radius 2 is 1.88 bits per heavy atom. The van der Waals surface area contributed by atoms with Crippen molar-refractivity contribution in [3.05, 3.63) is 35.9 Å². The summed E-state index contributed by atoms with van der Waals surface area (Å²) in [6.45, 7) is 7.24. The van der Waals surface area contributed by atoms with E-state index < -0.39 is 5.60 Å². The van der Waals surface area contributed by atoms with Crippen molar-refractivity contribution in [2.24, 2.45) is 0 Å². The van der Waals surface area contributed by atoms with Crippen molar-refractivity contribution in [3.63, 3.8) is 0 Å². The molecule has 0 saturated carbocycles. The average molecular weight is 352 g/mol. The molecule has 2 rings (SSSR count). The van der Waals surface area contributed by atoms with Gasteiger partial charge in [0, 0.05) is 30.2 Å². The lowest BCUT2D eigenvalue weighted by atomic mass is 9.93. The van der Waals surface area contributed by atoms with Gasteiger partial charge in [0.1, 0.15) is 5.60 Å². The molecule has 0 spiro atoms. The number of hydrogen-bond acceptors (Lipinski definition) is 4. The van der Waals surface area contributed by atoms with Crippen LogP contribution in [-0.2, 0) is 10.5 Å². The minimum Gasteiger partial charge on any atom is -0.444 e. The molecule has 0 atom stereocenters. The third-order valence-corrected chi connectivity index (χ3v) is 5.98. The monoisotopic (exact) mass is 351 g/mol. The molecule has 1 fully saturated rings. The van der Waals surface area contributed by atoms with Crippen LogP contribution in [0.2, 0.25) is 0 Å². The SMILES string of the molecule is CC(C)(C)OC(=O)N1CCC(CCO)(SCc2ccccc2)CC1. The van der Waals surface area contributed by atoms with E-state index in [1.807, 2.05) is 38.6 Å². The molecule has 1 aromatic carbocycles. The summed E-state index contributed by atoms with van der Waals surface area (Å²) in [6.07, 6.45) is 2.33. The van der Waals surface area contributed by atoms with Crippen LogP contribution in [-0.4, -0.2) is 46.1 Å². The smallest absolute Gasteiger partial charge is 0.410 e. The van der Waals surface area contributed by atoms with Gasteiger partial charge < -0.3 is 14.7 Å². The van der Waals surface area contributed by atoms with Crippen molar-refractivity contribution in [3.8, 4) is 0 Å². The molecule has 0 aromatic heterocycles. The topological polar surface area (TPSA) is 49.8 Å². The maximum absolute atomic E-state index is 12.2. The van der Waals surface area contributed by atoms with Crippen molar-refractivity contribution in [1.82, 2.24) is 4.90 Å². The predicted octanol–water partition coefficient (Wildman–Crippen LogP) is 4.07. The van der Waals surface area contributed by atoms with Gasteiger partial charge in [0.15, 0.2) is 0 Å². The van der Waals surface area contributed by atoms with E-state index in [0.29, 0.717) is 13.1 Å². The molecule has 134 valence electrons. The second-order valence-electron chi connectivity index (χ2n) is 7.40. The van der Waals surface area contributed by atoms with E-state index in [0.717, 1.165) is 25.0 Å². The zero-order valence-electron chi connectivity index (χ0n) is 15.0. The Labute approximate surface area is 149 Å². The van der Waals surface area contributed by atoms with Gasteiger partial charge in [0.2, 0.25) is 0 Å². The van der Waals surface area contributed by atoms with E-state index >= 15 is 0 Å². The van der Waals surface area contributed by atoms with Gasteiger partial charge in [-0.3, -0.25) is 0 Å². The molecule has 1 saturated heterocycles. The lowest BCUT2D eigenvalue weighted by Gasteiger charge is -2.41. The summed E-state index contributed by atoms with van der Waals surface area (Å²) in [7, 11) is 0. The second kappa shape index (κ2) is 8.26. The van der Waals surface area contributed by atoms with Gasteiger partial charge in [0.05, 0.1) is 0 Å². The maximum atomic E-state index is 12.2. The molecule has 1 aromatic rings. The van der Waals surface area contributed by atoms with Crippen LogP contribution in [0, 0.1) is 0 Å². The highest BCUT2D eigenvalue weighted by Crippen LogP contribution is 2.41. The zero-order valence-corrected chi connectivity index (χ0v) is 15.8. The number of rotatable bonds is 5. The van der Waals surface area contributed by atoms with Gasteiger partial charge in [-0.15, -0.1) is 0 Å². The predicted molar refractivity (Wildman–Crippen MR) is 99.2 cm³/mol. The van der Waals surface area contributed by atoms with Gasteiger partial charge in [-0.2, -0.15) is 11.8 Å². The molecular formula is C19H29NO3S. The number of piperidine rings is 1. The Kier molecular flexibility index (Phi) is 6.58. The molecule has 0 radical (unpaired) electrons. The Morgan fingerprint density at radius 1 is 1.25 bits per heavy atom. The Balaban J connectivity index is 1.92. The molecular weight excluding hydrogens is 322 g/mol. The lowest BCUT2D eigenvalue weighted by Crippen LogP contribution is -2.47. The molecule has 0 aliphatic carbocycles. The van der Waals surface area contributed by atoms with Crippen LogP contribution in [0.4, 0.5) is 4.79 Å². The number of nitrogens with zero attached hydrogens (tertiary/aromatic N) is 1. The highest BCUT2D eigenvalue weighted by Gasteiger charge is 2.37. The molecule has 5 heteroatoms. The second-order valence-corrected chi connectivity index (χ2v) is 8.84. The van der Waals surface area contributed by atoms with Gasteiger partial charge in [0.25, 0.3) is 0 Å². The van der Waals surface area contributed by atoms with Gasteiger partial charge in [-0.25, -0.2) is 4.79 Å². The quantitative estimate of drug-likeness (QED) is 0.869. The van der Waals surface area contributed by atoms with E-state index in [1.54, 1.807) is 4.90 Å². The highest BCUT2D eigenvalue weighted by molar-refractivity contribution is 7.99. The van der Waals surface area contributed by atoms with Crippen LogP contribution in [0.15, 0.2) is 30.3 Å². The summed E-state index contributed by atoms with van der Waals surface area (Å²) < 4.78 is 5.51. The first-order valence-electron chi connectivity index (χ1n) is 8.60. The summed E-state index contributed by atoms with van der Waals surface area (Å²) in [5.41, 5.74) is 0.841. The molecule has 1 aliphatic rings. The van der Waals surface area contributed by atoms with Crippen LogP contribution < -0.4 is 0 Å². The molecule has 1 aliphatic heterocycles. The number of carbonyl (C=O) groups excluding carboxylic acids is 1. The van der Waals surface area contributed by atoms with Crippen LogP contribution >= 0.6 is 11.8 Å². The van der Waals surface area contributed by atoms with E-state index in [2.05, 4.69) is 24.3 Å². The molecule has 1 heterocycles. The molecule has 1 amide bonds.